The summed E-state index contributed by atoms with van der Waals surface area (Å²) in [5.74, 6) is -0.546. The van der Waals surface area contributed by atoms with E-state index in [2.05, 4.69) is 5.32 Å². The number of halogens is 1. The van der Waals surface area contributed by atoms with E-state index in [1.807, 2.05) is 12.2 Å². The molecule has 0 aromatic heterocycles. The van der Waals surface area contributed by atoms with Crippen LogP contribution in [0, 0.1) is 5.82 Å². The fourth-order valence-corrected chi connectivity index (χ4v) is 2.98. The molecule has 0 atom stereocenters. The zero-order chi connectivity index (χ0) is 20.1. The Kier molecular flexibility index (Phi) is 5.93. The van der Waals surface area contributed by atoms with Gasteiger partial charge in [0.15, 0.2) is 0 Å². The van der Waals surface area contributed by atoms with Crippen LogP contribution in [0.3, 0.4) is 0 Å². The minimum absolute atomic E-state index is 0.184. The van der Waals surface area contributed by atoms with Crippen LogP contribution in [0.5, 0.6) is 11.5 Å². The lowest BCUT2D eigenvalue weighted by molar-refractivity contribution is 0.0770. The van der Waals surface area contributed by atoms with Gasteiger partial charge in [-0.2, -0.15) is 0 Å². The van der Waals surface area contributed by atoms with E-state index in [1.54, 1.807) is 17.0 Å². The molecule has 7 heteroatoms. The summed E-state index contributed by atoms with van der Waals surface area (Å²) in [6.45, 7) is 1.06. The van der Waals surface area contributed by atoms with E-state index < -0.39 is 11.7 Å². The molecule has 28 heavy (non-hydrogen) atoms. The predicted octanol–water partition coefficient (Wildman–Crippen LogP) is 3.50. The molecule has 0 saturated carbocycles. The number of nitrogens with zero attached hydrogens (tertiary/aromatic N) is 1. The maximum atomic E-state index is 14.1. The van der Waals surface area contributed by atoms with Crippen molar-refractivity contribution in [3.05, 3.63) is 65.5 Å². The lowest BCUT2D eigenvalue weighted by Crippen LogP contribution is -2.33. The topological polar surface area (TPSA) is 67.9 Å². The molecule has 0 fully saturated rings. The van der Waals surface area contributed by atoms with E-state index in [9.17, 15) is 14.0 Å². The van der Waals surface area contributed by atoms with Crippen LogP contribution in [0.1, 0.15) is 27.1 Å². The van der Waals surface area contributed by atoms with Crippen molar-refractivity contribution in [1.29, 1.82) is 0 Å². The van der Waals surface area contributed by atoms with E-state index in [4.69, 9.17) is 9.47 Å². The number of ether oxygens (including phenoxy) is 2. The molecule has 0 aliphatic carbocycles. The fourth-order valence-electron chi connectivity index (χ4n) is 2.98. The number of rotatable bonds is 5. The number of carbonyl (C=O) groups excluding carboxylic acids is 2. The summed E-state index contributed by atoms with van der Waals surface area (Å²) in [4.78, 5) is 26.9. The first-order valence-corrected chi connectivity index (χ1v) is 8.80. The Hall–Kier alpha value is -3.35. The Morgan fingerprint density at radius 3 is 2.57 bits per heavy atom. The first kappa shape index (κ1) is 19.4. The third kappa shape index (κ3) is 4.31. The van der Waals surface area contributed by atoms with Gasteiger partial charge in [0.25, 0.3) is 11.8 Å². The van der Waals surface area contributed by atoms with E-state index in [1.165, 1.54) is 32.4 Å². The molecule has 1 aliphatic rings. The Bertz CT molecular complexity index is 927. The summed E-state index contributed by atoms with van der Waals surface area (Å²) in [6, 6.07) is 8.60. The van der Waals surface area contributed by atoms with Crippen LogP contribution in [-0.2, 0) is 0 Å². The van der Waals surface area contributed by atoms with Crippen molar-refractivity contribution in [2.45, 2.75) is 6.42 Å². The first-order chi connectivity index (χ1) is 13.5. The molecule has 146 valence electrons. The van der Waals surface area contributed by atoms with Gasteiger partial charge in [0.1, 0.15) is 17.3 Å². The molecule has 2 amide bonds. The highest BCUT2D eigenvalue weighted by Gasteiger charge is 2.19. The predicted molar refractivity (Wildman–Crippen MR) is 104 cm³/mol. The number of benzene rings is 2. The number of methoxy groups -OCH3 is 2. The number of hydrogen-bond acceptors (Lipinski definition) is 4. The molecule has 0 spiro atoms. The summed E-state index contributed by atoms with van der Waals surface area (Å²) in [5, 5.41) is 2.62. The summed E-state index contributed by atoms with van der Waals surface area (Å²) in [7, 11) is 2.94. The van der Waals surface area contributed by atoms with Crippen LogP contribution in [0.2, 0.25) is 0 Å². The number of carbonyl (C=O) groups is 2. The third-order valence-corrected chi connectivity index (χ3v) is 4.40. The standard InChI is InChI=1S/C21H21FN2O4/c1-27-17-6-7-19(28-2)18(13-17)20(25)23-16-11-14(10-15(22)12-16)21(26)24-8-4-3-5-9-24/h3-4,6-7,10-13H,5,8-9H2,1-2H3,(H,23,25). The first-order valence-electron chi connectivity index (χ1n) is 8.80. The number of anilines is 1. The van der Waals surface area contributed by atoms with Gasteiger partial charge in [-0.3, -0.25) is 9.59 Å². The van der Waals surface area contributed by atoms with Crippen molar-refractivity contribution < 1.29 is 23.5 Å². The highest BCUT2D eigenvalue weighted by atomic mass is 19.1. The van der Waals surface area contributed by atoms with Gasteiger partial charge in [-0.25, -0.2) is 4.39 Å². The van der Waals surface area contributed by atoms with Crippen molar-refractivity contribution in [1.82, 2.24) is 4.90 Å². The van der Waals surface area contributed by atoms with E-state index in [0.29, 0.717) is 24.6 Å². The second kappa shape index (κ2) is 8.56. The highest BCUT2D eigenvalue weighted by Crippen LogP contribution is 2.25. The Morgan fingerprint density at radius 2 is 1.89 bits per heavy atom. The van der Waals surface area contributed by atoms with E-state index in [-0.39, 0.29) is 22.7 Å². The second-order valence-electron chi connectivity index (χ2n) is 6.26. The maximum Gasteiger partial charge on any atom is 0.259 e. The monoisotopic (exact) mass is 384 g/mol. The Morgan fingerprint density at radius 1 is 1.07 bits per heavy atom. The molecular weight excluding hydrogens is 363 g/mol. The van der Waals surface area contributed by atoms with E-state index in [0.717, 1.165) is 12.5 Å². The van der Waals surface area contributed by atoms with Gasteiger partial charge in [0, 0.05) is 24.3 Å². The van der Waals surface area contributed by atoms with Crippen LogP contribution >= 0.6 is 0 Å². The average molecular weight is 384 g/mol. The van der Waals surface area contributed by atoms with Crippen LogP contribution < -0.4 is 14.8 Å². The summed E-state index contributed by atoms with van der Waals surface area (Å²) in [5.41, 5.74) is 0.606. The summed E-state index contributed by atoms with van der Waals surface area (Å²) < 4.78 is 24.4. The second-order valence-corrected chi connectivity index (χ2v) is 6.26. The molecule has 0 unspecified atom stereocenters. The normalized spacial score (nSPS) is 13.2. The minimum atomic E-state index is -0.605. The molecule has 0 bridgehead atoms. The van der Waals surface area contributed by atoms with Crippen molar-refractivity contribution in [2.75, 3.05) is 32.6 Å². The largest absolute Gasteiger partial charge is 0.497 e. The van der Waals surface area contributed by atoms with Crippen molar-refractivity contribution in [3.8, 4) is 11.5 Å². The van der Waals surface area contributed by atoms with Crippen molar-refractivity contribution in [2.24, 2.45) is 0 Å². The Balaban J connectivity index is 1.84. The van der Waals surface area contributed by atoms with E-state index >= 15 is 0 Å². The van der Waals surface area contributed by atoms with Gasteiger partial charge in [0.05, 0.1) is 19.8 Å². The van der Waals surface area contributed by atoms with Gasteiger partial charge >= 0.3 is 0 Å². The zero-order valence-electron chi connectivity index (χ0n) is 15.7. The number of amides is 2. The minimum Gasteiger partial charge on any atom is -0.497 e. The van der Waals surface area contributed by atoms with Crippen LogP contribution in [0.25, 0.3) is 0 Å². The highest BCUT2D eigenvalue weighted by molar-refractivity contribution is 6.07. The van der Waals surface area contributed by atoms with Gasteiger partial charge in [-0.15, -0.1) is 0 Å². The molecule has 2 aromatic rings. The third-order valence-electron chi connectivity index (χ3n) is 4.40. The lowest BCUT2D eigenvalue weighted by atomic mass is 10.1. The van der Waals surface area contributed by atoms with Gasteiger partial charge < -0.3 is 19.7 Å². The average Bonchev–Trinajstić information content (AvgIpc) is 2.72. The molecule has 1 aliphatic heterocycles. The number of nitrogens with one attached hydrogen (secondary N) is 1. The molecule has 0 saturated heterocycles. The van der Waals surface area contributed by atoms with Crippen LogP contribution in [0.15, 0.2) is 48.6 Å². The van der Waals surface area contributed by atoms with Gasteiger partial charge in [-0.1, -0.05) is 12.2 Å². The molecule has 1 heterocycles. The number of hydrogen-bond donors (Lipinski definition) is 1. The van der Waals surface area contributed by atoms with Gasteiger partial charge in [0.2, 0.25) is 0 Å². The van der Waals surface area contributed by atoms with Crippen LogP contribution in [0.4, 0.5) is 10.1 Å². The quantitative estimate of drug-likeness (QED) is 0.802. The van der Waals surface area contributed by atoms with Crippen molar-refractivity contribution >= 4 is 17.5 Å². The molecular formula is C21H21FN2O4. The van der Waals surface area contributed by atoms with Crippen LogP contribution in [-0.4, -0.2) is 44.0 Å². The summed E-state index contributed by atoms with van der Waals surface area (Å²) >= 11 is 0. The SMILES string of the molecule is COc1ccc(OC)c(C(=O)Nc2cc(F)cc(C(=O)N3CC=CCC3)c2)c1. The molecule has 0 radical (unpaired) electrons. The molecule has 6 nitrogen and oxygen atoms in total. The molecule has 1 N–H and O–H groups in total. The van der Waals surface area contributed by atoms with Gasteiger partial charge in [-0.05, 0) is 42.8 Å². The fraction of sp³-hybridized carbons (Fsp3) is 0.238. The Labute approximate surface area is 162 Å². The summed E-state index contributed by atoms with van der Waals surface area (Å²) in [6.07, 6.45) is 4.67. The smallest absolute Gasteiger partial charge is 0.259 e. The zero-order valence-corrected chi connectivity index (χ0v) is 15.7. The molecule has 3 rings (SSSR count). The lowest BCUT2D eigenvalue weighted by Gasteiger charge is -2.23. The molecule has 2 aromatic carbocycles. The maximum absolute atomic E-state index is 14.1. The van der Waals surface area contributed by atoms with Crippen molar-refractivity contribution in [3.63, 3.8) is 0 Å².